The van der Waals surface area contributed by atoms with E-state index in [0.29, 0.717) is 12.2 Å². The molecule has 26 heavy (non-hydrogen) atoms. The van der Waals surface area contributed by atoms with Crippen molar-refractivity contribution < 1.29 is 4.79 Å². The van der Waals surface area contributed by atoms with Crippen LogP contribution < -0.4 is 10.2 Å². The van der Waals surface area contributed by atoms with Crippen LogP contribution in [0, 0.1) is 0 Å². The van der Waals surface area contributed by atoms with Crippen molar-refractivity contribution in [2.75, 3.05) is 11.4 Å². The average Bonchev–Trinajstić information content (AvgIpc) is 2.72. The number of pyridine rings is 2. The lowest BCUT2D eigenvalue weighted by molar-refractivity contribution is 0.0946. The number of rotatable bonds is 4. The van der Waals surface area contributed by atoms with Gasteiger partial charge < -0.3 is 10.2 Å². The second-order valence-electron chi connectivity index (χ2n) is 6.38. The predicted molar refractivity (Wildman–Crippen MR) is 101 cm³/mol. The Bertz CT molecular complexity index is 911. The molecule has 1 aliphatic rings. The highest BCUT2D eigenvalue weighted by molar-refractivity contribution is 5.93. The van der Waals surface area contributed by atoms with Gasteiger partial charge in [0.1, 0.15) is 5.69 Å². The van der Waals surface area contributed by atoms with E-state index in [1.54, 1.807) is 18.6 Å². The summed E-state index contributed by atoms with van der Waals surface area (Å²) in [6.07, 6.45) is 6.16. The number of anilines is 1. The van der Waals surface area contributed by atoms with Gasteiger partial charge in [-0.05, 0) is 47.4 Å². The van der Waals surface area contributed by atoms with Crippen LogP contribution in [0.15, 0.2) is 67.1 Å². The van der Waals surface area contributed by atoms with Crippen LogP contribution in [0.4, 0.5) is 5.69 Å². The van der Waals surface area contributed by atoms with E-state index in [2.05, 4.69) is 44.5 Å². The van der Waals surface area contributed by atoms with Gasteiger partial charge in [-0.3, -0.25) is 14.8 Å². The van der Waals surface area contributed by atoms with Crippen LogP contribution in [0.3, 0.4) is 0 Å². The van der Waals surface area contributed by atoms with Gasteiger partial charge >= 0.3 is 0 Å². The summed E-state index contributed by atoms with van der Waals surface area (Å²) in [5.41, 5.74) is 5.24. The van der Waals surface area contributed by atoms with Crippen LogP contribution in [-0.4, -0.2) is 22.4 Å². The van der Waals surface area contributed by atoms with Gasteiger partial charge in [0, 0.05) is 43.9 Å². The molecule has 3 heterocycles. The van der Waals surface area contributed by atoms with Gasteiger partial charge in [0.2, 0.25) is 0 Å². The molecule has 0 saturated heterocycles. The number of hydrogen-bond donors (Lipinski definition) is 1. The molecule has 2 aromatic heterocycles. The minimum atomic E-state index is -0.166. The van der Waals surface area contributed by atoms with Gasteiger partial charge in [-0.25, -0.2) is 0 Å². The molecule has 0 radical (unpaired) electrons. The number of benzene rings is 1. The van der Waals surface area contributed by atoms with Crippen LogP contribution in [0.2, 0.25) is 0 Å². The van der Waals surface area contributed by atoms with E-state index in [0.717, 1.165) is 30.8 Å². The molecule has 1 aliphatic heterocycles. The van der Waals surface area contributed by atoms with Gasteiger partial charge in [-0.1, -0.05) is 24.3 Å². The van der Waals surface area contributed by atoms with Crippen LogP contribution in [0.1, 0.15) is 27.2 Å². The molecule has 0 aliphatic carbocycles. The minimum absolute atomic E-state index is 0.166. The highest BCUT2D eigenvalue weighted by atomic mass is 16.1. The zero-order chi connectivity index (χ0) is 17.8. The SMILES string of the molecule is O=C(NCc1ccncc1)c1cc(N2CCc3ccccc3C2)ccn1. The lowest BCUT2D eigenvalue weighted by Crippen LogP contribution is -2.31. The molecule has 1 N–H and O–H groups in total. The first-order chi connectivity index (χ1) is 12.8. The van der Waals surface area contributed by atoms with Crippen molar-refractivity contribution in [3.63, 3.8) is 0 Å². The third-order valence-electron chi connectivity index (χ3n) is 4.67. The van der Waals surface area contributed by atoms with E-state index < -0.39 is 0 Å². The number of carbonyl (C=O) groups excluding carboxylic acids is 1. The van der Waals surface area contributed by atoms with Crippen molar-refractivity contribution in [2.45, 2.75) is 19.5 Å². The molecule has 130 valence electrons. The summed E-state index contributed by atoms with van der Waals surface area (Å²) in [6, 6.07) is 16.1. The van der Waals surface area contributed by atoms with Crippen LogP contribution >= 0.6 is 0 Å². The minimum Gasteiger partial charge on any atom is -0.367 e. The molecule has 0 unspecified atom stereocenters. The number of amides is 1. The Kier molecular flexibility index (Phi) is 4.60. The Morgan fingerprint density at radius 2 is 1.85 bits per heavy atom. The second kappa shape index (κ2) is 7.35. The lowest BCUT2D eigenvalue weighted by Gasteiger charge is -2.30. The van der Waals surface area contributed by atoms with Crippen molar-refractivity contribution in [1.82, 2.24) is 15.3 Å². The fraction of sp³-hybridized carbons (Fsp3) is 0.190. The van der Waals surface area contributed by atoms with E-state index in [-0.39, 0.29) is 5.91 Å². The molecule has 1 amide bonds. The van der Waals surface area contributed by atoms with Crippen molar-refractivity contribution in [3.8, 4) is 0 Å². The topological polar surface area (TPSA) is 58.1 Å². The van der Waals surface area contributed by atoms with Crippen molar-refractivity contribution in [1.29, 1.82) is 0 Å². The molecule has 0 atom stereocenters. The Hall–Kier alpha value is -3.21. The molecule has 0 saturated carbocycles. The predicted octanol–water partition coefficient (Wildman–Crippen LogP) is 2.97. The number of hydrogen-bond acceptors (Lipinski definition) is 4. The molecule has 3 aromatic rings. The Morgan fingerprint density at radius 3 is 2.69 bits per heavy atom. The Labute approximate surface area is 152 Å². The van der Waals surface area contributed by atoms with Gasteiger partial charge in [0.25, 0.3) is 5.91 Å². The van der Waals surface area contributed by atoms with Gasteiger partial charge in [-0.2, -0.15) is 0 Å². The number of aromatic nitrogens is 2. The Morgan fingerprint density at radius 1 is 1.04 bits per heavy atom. The second-order valence-corrected chi connectivity index (χ2v) is 6.38. The number of carbonyl (C=O) groups is 1. The monoisotopic (exact) mass is 344 g/mol. The third-order valence-corrected chi connectivity index (χ3v) is 4.67. The third kappa shape index (κ3) is 3.57. The summed E-state index contributed by atoms with van der Waals surface area (Å²) in [4.78, 5) is 23.0. The van der Waals surface area contributed by atoms with Crippen molar-refractivity contribution in [3.05, 3.63) is 89.5 Å². The van der Waals surface area contributed by atoms with Crippen molar-refractivity contribution >= 4 is 11.6 Å². The lowest BCUT2D eigenvalue weighted by atomic mass is 9.99. The van der Waals surface area contributed by atoms with Crippen LogP contribution in [-0.2, 0) is 19.5 Å². The highest BCUT2D eigenvalue weighted by Gasteiger charge is 2.17. The molecule has 1 aromatic carbocycles. The largest absolute Gasteiger partial charge is 0.367 e. The van der Waals surface area contributed by atoms with Crippen LogP contribution in [0.5, 0.6) is 0 Å². The van der Waals surface area contributed by atoms with E-state index in [1.165, 1.54) is 11.1 Å². The summed E-state index contributed by atoms with van der Waals surface area (Å²) in [6.45, 7) is 2.27. The quantitative estimate of drug-likeness (QED) is 0.790. The molecule has 5 heteroatoms. The average molecular weight is 344 g/mol. The highest BCUT2D eigenvalue weighted by Crippen LogP contribution is 2.24. The summed E-state index contributed by atoms with van der Waals surface area (Å²) < 4.78 is 0. The first-order valence-electron chi connectivity index (χ1n) is 8.74. The zero-order valence-corrected chi connectivity index (χ0v) is 14.4. The van der Waals surface area contributed by atoms with Crippen LogP contribution in [0.25, 0.3) is 0 Å². The number of nitrogens with one attached hydrogen (secondary N) is 1. The van der Waals surface area contributed by atoms with E-state index in [9.17, 15) is 4.79 Å². The number of fused-ring (bicyclic) bond motifs is 1. The molecule has 5 nitrogen and oxygen atoms in total. The van der Waals surface area contributed by atoms with E-state index >= 15 is 0 Å². The first-order valence-corrected chi connectivity index (χ1v) is 8.74. The maximum atomic E-state index is 12.4. The summed E-state index contributed by atoms with van der Waals surface area (Å²) in [7, 11) is 0. The Balaban J connectivity index is 1.46. The molecular formula is C21H20N4O. The summed E-state index contributed by atoms with van der Waals surface area (Å²) in [5, 5.41) is 2.91. The summed E-state index contributed by atoms with van der Waals surface area (Å²) >= 11 is 0. The smallest absolute Gasteiger partial charge is 0.270 e. The van der Waals surface area contributed by atoms with Gasteiger partial charge in [0.15, 0.2) is 0 Å². The molecule has 0 spiro atoms. The van der Waals surface area contributed by atoms with Crippen molar-refractivity contribution in [2.24, 2.45) is 0 Å². The first kappa shape index (κ1) is 16.3. The van der Waals surface area contributed by atoms with Gasteiger partial charge in [0.05, 0.1) is 0 Å². The maximum Gasteiger partial charge on any atom is 0.270 e. The molecule has 4 rings (SSSR count). The summed E-state index contributed by atoms with van der Waals surface area (Å²) in [5.74, 6) is -0.166. The molecular weight excluding hydrogens is 324 g/mol. The standard InChI is InChI=1S/C21H20N4O/c26-21(24-14-16-5-9-22-10-6-16)20-13-19(7-11-23-20)25-12-8-17-3-1-2-4-18(17)15-25/h1-7,9-11,13H,8,12,14-15H2,(H,24,26). The normalized spacial score (nSPS) is 13.2. The fourth-order valence-electron chi connectivity index (χ4n) is 3.23. The van der Waals surface area contributed by atoms with Gasteiger partial charge in [-0.15, -0.1) is 0 Å². The molecule has 0 bridgehead atoms. The maximum absolute atomic E-state index is 12.4. The molecule has 0 fully saturated rings. The number of nitrogens with zero attached hydrogens (tertiary/aromatic N) is 3. The van der Waals surface area contributed by atoms with E-state index in [4.69, 9.17) is 0 Å². The zero-order valence-electron chi connectivity index (χ0n) is 14.4. The fourth-order valence-corrected chi connectivity index (χ4v) is 3.23. The van der Waals surface area contributed by atoms with E-state index in [1.807, 2.05) is 24.3 Å².